The van der Waals surface area contributed by atoms with Crippen LogP contribution >= 0.6 is 0 Å². The second-order valence-corrected chi connectivity index (χ2v) is 5.04. The Morgan fingerprint density at radius 3 is 2.80 bits per heavy atom. The van der Waals surface area contributed by atoms with E-state index in [0.29, 0.717) is 13.0 Å². The average molecular weight is 273 g/mol. The summed E-state index contributed by atoms with van der Waals surface area (Å²) in [4.78, 5) is 12.8. The maximum atomic E-state index is 10.7. The predicted octanol–water partition coefficient (Wildman–Crippen LogP) is 2.71. The Bertz CT molecular complexity index is 593. The number of carbonyl (C=O) groups is 1. The van der Waals surface area contributed by atoms with Gasteiger partial charge in [-0.25, -0.2) is 0 Å². The van der Waals surface area contributed by atoms with Gasteiger partial charge in [0.05, 0.1) is 6.20 Å². The molecule has 1 heterocycles. The number of fused-ring (bicyclic) bond motifs is 1. The topological polar surface area (TPSA) is 66.3 Å². The molecule has 0 unspecified atom stereocenters. The van der Waals surface area contributed by atoms with Crippen LogP contribution in [0.25, 0.3) is 10.8 Å². The van der Waals surface area contributed by atoms with Gasteiger partial charge in [-0.3, -0.25) is 4.79 Å². The van der Waals surface area contributed by atoms with Crippen LogP contribution in [0, 0.1) is 0 Å². The second-order valence-electron chi connectivity index (χ2n) is 5.04. The third-order valence-corrected chi connectivity index (χ3v) is 3.24. The van der Waals surface area contributed by atoms with E-state index < -0.39 is 5.97 Å². The normalized spacial score (nSPS) is 10.9. The zero-order chi connectivity index (χ0) is 14.5. The molecule has 106 valence electrons. The van der Waals surface area contributed by atoms with E-state index in [1.54, 1.807) is 6.20 Å². The van der Waals surface area contributed by atoms with E-state index in [0.717, 1.165) is 16.6 Å². The van der Waals surface area contributed by atoms with Crippen LogP contribution in [0.15, 0.2) is 30.5 Å². The molecule has 1 N–H and O–H groups in total. The molecule has 1 aromatic carbocycles. The smallest absolute Gasteiger partial charge is 0.303 e. The first-order valence-corrected chi connectivity index (χ1v) is 6.78. The van der Waals surface area contributed by atoms with Gasteiger partial charge in [-0.2, -0.15) is 5.10 Å². The van der Waals surface area contributed by atoms with Crippen molar-refractivity contribution in [2.24, 2.45) is 0 Å². The molecule has 0 atom stereocenters. The third-order valence-electron chi connectivity index (χ3n) is 3.24. The van der Waals surface area contributed by atoms with Gasteiger partial charge >= 0.3 is 5.97 Å². The molecular formula is C15H19N3O2. The molecule has 1 aromatic heterocycles. The van der Waals surface area contributed by atoms with Crippen LogP contribution in [0.2, 0.25) is 0 Å². The van der Waals surface area contributed by atoms with Gasteiger partial charge in [-0.15, -0.1) is 5.10 Å². The van der Waals surface area contributed by atoms with Crippen LogP contribution < -0.4 is 4.90 Å². The Labute approximate surface area is 118 Å². The molecule has 2 rings (SSSR count). The lowest BCUT2D eigenvalue weighted by molar-refractivity contribution is -0.137. The lowest BCUT2D eigenvalue weighted by Crippen LogP contribution is -2.33. The van der Waals surface area contributed by atoms with Crippen LogP contribution in [-0.4, -0.2) is 33.9 Å². The van der Waals surface area contributed by atoms with Crippen LogP contribution in [0.3, 0.4) is 0 Å². The van der Waals surface area contributed by atoms with Crippen molar-refractivity contribution in [1.82, 2.24) is 10.2 Å². The van der Waals surface area contributed by atoms with Crippen molar-refractivity contribution >= 4 is 22.6 Å². The maximum absolute atomic E-state index is 10.7. The molecule has 0 aliphatic carbocycles. The minimum absolute atomic E-state index is 0.168. The average Bonchev–Trinajstić information content (AvgIpc) is 2.42. The van der Waals surface area contributed by atoms with Crippen molar-refractivity contribution in [3.8, 4) is 0 Å². The van der Waals surface area contributed by atoms with Crippen molar-refractivity contribution in [2.45, 2.75) is 32.7 Å². The highest BCUT2D eigenvalue weighted by atomic mass is 16.4. The van der Waals surface area contributed by atoms with E-state index in [4.69, 9.17) is 5.11 Å². The molecule has 0 bridgehead atoms. The number of aliphatic carboxylic acids is 1. The molecule has 20 heavy (non-hydrogen) atoms. The van der Waals surface area contributed by atoms with Gasteiger partial charge in [0.15, 0.2) is 5.82 Å². The van der Waals surface area contributed by atoms with Crippen molar-refractivity contribution in [3.05, 3.63) is 30.5 Å². The fourth-order valence-electron chi connectivity index (χ4n) is 2.23. The largest absolute Gasteiger partial charge is 0.481 e. The van der Waals surface area contributed by atoms with Crippen molar-refractivity contribution in [3.63, 3.8) is 0 Å². The predicted molar refractivity (Wildman–Crippen MR) is 78.9 cm³/mol. The highest BCUT2D eigenvalue weighted by molar-refractivity contribution is 5.91. The number of hydrogen-bond donors (Lipinski definition) is 1. The molecule has 2 aromatic rings. The van der Waals surface area contributed by atoms with E-state index in [9.17, 15) is 4.79 Å². The summed E-state index contributed by atoms with van der Waals surface area (Å²) in [6.45, 7) is 4.81. The van der Waals surface area contributed by atoms with Crippen LogP contribution in [-0.2, 0) is 4.79 Å². The summed E-state index contributed by atoms with van der Waals surface area (Å²) in [6, 6.07) is 8.21. The summed E-state index contributed by atoms with van der Waals surface area (Å²) in [5.74, 6) is 0.0567. The van der Waals surface area contributed by atoms with Crippen molar-refractivity contribution in [1.29, 1.82) is 0 Å². The summed E-state index contributed by atoms with van der Waals surface area (Å²) in [5.41, 5.74) is 0. The van der Waals surface area contributed by atoms with E-state index >= 15 is 0 Å². The zero-order valence-corrected chi connectivity index (χ0v) is 11.8. The standard InChI is InChI=1S/C15H19N3O2/c1-11(2)18(9-5-8-14(19)20)15-13-7-4-3-6-12(13)10-16-17-15/h3-4,6-7,10-11H,5,8-9H2,1-2H3,(H,19,20). The summed E-state index contributed by atoms with van der Waals surface area (Å²) < 4.78 is 0. The van der Waals surface area contributed by atoms with Gasteiger partial charge in [0.25, 0.3) is 0 Å². The van der Waals surface area contributed by atoms with Gasteiger partial charge < -0.3 is 10.0 Å². The molecule has 0 radical (unpaired) electrons. The molecule has 0 fully saturated rings. The lowest BCUT2D eigenvalue weighted by Gasteiger charge is -2.28. The fourth-order valence-corrected chi connectivity index (χ4v) is 2.23. The second kappa shape index (κ2) is 6.32. The van der Waals surface area contributed by atoms with Gasteiger partial charge in [-0.1, -0.05) is 24.3 Å². The van der Waals surface area contributed by atoms with Crippen molar-refractivity contribution < 1.29 is 9.90 Å². The number of anilines is 1. The van der Waals surface area contributed by atoms with Gasteiger partial charge in [-0.05, 0) is 20.3 Å². The maximum Gasteiger partial charge on any atom is 0.303 e. The molecule has 0 amide bonds. The van der Waals surface area contributed by atoms with Gasteiger partial charge in [0, 0.05) is 29.8 Å². The molecule has 0 spiro atoms. The van der Waals surface area contributed by atoms with E-state index in [1.165, 1.54) is 0 Å². The molecule has 0 saturated carbocycles. The summed E-state index contributed by atoms with van der Waals surface area (Å²) in [7, 11) is 0. The molecule has 5 nitrogen and oxygen atoms in total. The molecular weight excluding hydrogens is 254 g/mol. The number of rotatable bonds is 6. The quantitative estimate of drug-likeness (QED) is 0.876. The first-order chi connectivity index (χ1) is 9.59. The highest BCUT2D eigenvalue weighted by Crippen LogP contribution is 2.24. The Hall–Kier alpha value is -2.17. The number of carboxylic acids is 1. The molecule has 0 saturated heterocycles. The van der Waals surface area contributed by atoms with Gasteiger partial charge in [0.1, 0.15) is 0 Å². The van der Waals surface area contributed by atoms with Crippen LogP contribution in [0.1, 0.15) is 26.7 Å². The van der Waals surface area contributed by atoms with Crippen LogP contribution in [0.4, 0.5) is 5.82 Å². The van der Waals surface area contributed by atoms with Crippen molar-refractivity contribution in [2.75, 3.05) is 11.4 Å². The van der Waals surface area contributed by atoms with Crippen LogP contribution in [0.5, 0.6) is 0 Å². The minimum atomic E-state index is -0.766. The highest BCUT2D eigenvalue weighted by Gasteiger charge is 2.15. The first kappa shape index (κ1) is 14.2. The number of carboxylic acid groups (broad SMARTS) is 1. The number of hydrogen-bond acceptors (Lipinski definition) is 4. The molecule has 0 aliphatic heterocycles. The molecule has 0 aliphatic rings. The third kappa shape index (κ3) is 3.23. The Morgan fingerprint density at radius 1 is 1.35 bits per heavy atom. The number of aromatic nitrogens is 2. The Kier molecular flexibility index (Phi) is 4.50. The van der Waals surface area contributed by atoms with E-state index in [1.807, 2.05) is 24.3 Å². The monoisotopic (exact) mass is 273 g/mol. The minimum Gasteiger partial charge on any atom is -0.481 e. The van der Waals surface area contributed by atoms with E-state index in [-0.39, 0.29) is 12.5 Å². The summed E-state index contributed by atoms with van der Waals surface area (Å²) >= 11 is 0. The fraction of sp³-hybridized carbons (Fsp3) is 0.400. The first-order valence-electron chi connectivity index (χ1n) is 6.78. The summed E-state index contributed by atoms with van der Waals surface area (Å²) in [6.07, 6.45) is 2.51. The Balaban J connectivity index is 2.29. The molecule has 5 heteroatoms. The number of nitrogens with zero attached hydrogens (tertiary/aromatic N) is 3. The lowest BCUT2D eigenvalue weighted by atomic mass is 10.1. The van der Waals surface area contributed by atoms with E-state index in [2.05, 4.69) is 28.9 Å². The SMILES string of the molecule is CC(C)N(CCCC(=O)O)c1nncc2ccccc12. The number of benzene rings is 1. The summed E-state index contributed by atoms with van der Waals surface area (Å²) in [5, 5.41) is 19.2. The Morgan fingerprint density at radius 2 is 2.10 bits per heavy atom. The zero-order valence-electron chi connectivity index (χ0n) is 11.8. The van der Waals surface area contributed by atoms with Gasteiger partial charge in [0.2, 0.25) is 0 Å².